The molecule has 0 saturated heterocycles. The van der Waals surface area contributed by atoms with E-state index in [-0.39, 0.29) is 0 Å². The lowest BCUT2D eigenvalue weighted by Crippen LogP contribution is -2.15. The summed E-state index contributed by atoms with van der Waals surface area (Å²) in [6, 6.07) is 10.1. The van der Waals surface area contributed by atoms with Gasteiger partial charge in [0.05, 0.1) is 11.4 Å². The first-order chi connectivity index (χ1) is 11.3. The Hall–Kier alpha value is -2.53. The van der Waals surface area contributed by atoms with E-state index >= 15 is 0 Å². The number of aryl methyl sites for hydroxylation is 1. The normalized spacial score (nSPS) is 13.5. The topological polar surface area (TPSA) is 61.8 Å². The second kappa shape index (κ2) is 5.59. The SMILES string of the molecule is Cc1ccc2nc(-c3ccc4c(c3)OCCO4)c(CCN)n2c1. The van der Waals surface area contributed by atoms with Crippen LogP contribution in [0.4, 0.5) is 0 Å². The van der Waals surface area contributed by atoms with Crippen molar-refractivity contribution in [1.29, 1.82) is 0 Å². The van der Waals surface area contributed by atoms with Gasteiger partial charge in [-0.05, 0) is 43.3 Å². The van der Waals surface area contributed by atoms with Crippen molar-refractivity contribution in [2.45, 2.75) is 13.3 Å². The first-order valence-electron chi connectivity index (χ1n) is 7.84. The zero-order valence-electron chi connectivity index (χ0n) is 13.1. The Morgan fingerprint density at radius 3 is 2.78 bits per heavy atom. The molecule has 0 aliphatic carbocycles. The molecule has 0 bridgehead atoms. The van der Waals surface area contributed by atoms with Crippen LogP contribution in [0.1, 0.15) is 11.3 Å². The second-order valence-electron chi connectivity index (χ2n) is 5.74. The van der Waals surface area contributed by atoms with E-state index in [1.54, 1.807) is 0 Å². The van der Waals surface area contributed by atoms with Crippen LogP contribution in [0.25, 0.3) is 16.9 Å². The number of hydrogen-bond acceptors (Lipinski definition) is 4. The summed E-state index contributed by atoms with van der Waals surface area (Å²) in [5.41, 5.74) is 11.1. The third-order valence-electron chi connectivity index (χ3n) is 4.06. The molecule has 0 spiro atoms. The van der Waals surface area contributed by atoms with E-state index in [4.69, 9.17) is 20.2 Å². The summed E-state index contributed by atoms with van der Waals surface area (Å²) in [4.78, 5) is 4.80. The van der Waals surface area contributed by atoms with Crippen LogP contribution in [0.2, 0.25) is 0 Å². The van der Waals surface area contributed by atoms with Crippen molar-refractivity contribution in [3.05, 3.63) is 47.8 Å². The van der Waals surface area contributed by atoms with Gasteiger partial charge in [-0.1, -0.05) is 6.07 Å². The molecule has 1 aliphatic rings. The quantitative estimate of drug-likeness (QED) is 0.808. The van der Waals surface area contributed by atoms with Crippen LogP contribution in [0.5, 0.6) is 11.5 Å². The van der Waals surface area contributed by atoms with Gasteiger partial charge in [0.1, 0.15) is 18.9 Å². The number of rotatable bonds is 3. The molecule has 2 aromatic heterocycles. The summed E-state index contributed by atoms with van der Waals surface area (Å²) in [5.74, 6) is 1.57. The van der Waals surface area contributed by atoms with Gasteiger partial charge in [0.25, 0.3) is 0 Å². The minimum atomic E-state index is 0.580. The maximum absolute atomic E-state index is 5.82. The van der Waals surface area contributed by atoms with Crippen LogP contribution >= 0.6 is 0 Å². The van der Waals surface area contributed by atoms with Crippen LogP contribution in [0, 0.1) is 6.92 Å². The van der Waals surface area contributed by atoms with E-state index in [9.17, 15) is 0 Å². The highest BCUT2D eigenvalue weighted by molar-refractivity contribution is 5.69. The molecule has 1 aromatic carbocycles. The minimum Gasteiger partial charge on any atom is -0.486 e. The summed E-state index contributed by atoms with van der Waals surface area (Å²) in [6.45, 7) is 3.84. The Bertz CT molecular complexity index is 870. The molecule has 0 fully saturated rings. The fourth-order valence-electron chi connectivity index (χ4n) is 3.00. The molecule has 4 rings (SSSR count). The molecule has 0 atom stereocenters. The van der Waals surface area contributed by atoms with E-state index in [1.165, 1.54) is 5.56 Å². The van der Waals surface area contributed by atoms with Gasteiger partial charge in [-0.3, -0.25) is 0 Å². The van der Waals surface area contributed by atoms with Crippen molar-refractivity contribution in [3.63, 3.8) is 0 Å². The van der Waals surface area contributed by atoms with Crippen LogP contribution in [-0.2, 0) is 6.42 Å². The maximum Gasteiger partial charge on any atom is 0.162 e. The Morgan fingerprint density at radius 1 is 1.13 bits per heavy atom. The number of fused-ring (bicyclic) bond motifs is 2. The van der Waals surface area contributed by atoms with Gasteiger partial charge in [0, 0.05) is 18.2 Å². The summed E-state index contributed by atoms with van der Waals surface area (Å²) in [5, 5.41) is 0. The van der Waals surface area contributed by atoms with Crippen molar-refractivity contribution >= 4 is 5.65 Å². The highest BCUT2D eigenvalue weighted by Crippen LogP contribution is 2.35. The smallest absolute Gasteiger partial charge is 0.162 e. The molecule has 0 amide bonds. The standard InChI is InChI=1S/C18H19N3O2/c1-12-2-5-17-20-18(14(6-7-19)21(17)11-12)13-3-4-15-16(10-13)23-9-8-22-15/h2-5,10-11H,6-9,19H2,1H3. The molecule has 0 radical (unpaired) electrons. The summed E-state index contributed by atoms with van der Waals surface area (Å²) in [6.07, 6.45) is 2.88. The van der Waals surface area contributed by atoms with Gasteiger partial charge in [-0.15, -0.1) is 0 Å². The lowest BCUT2D eigenvalue weighted by molar-refractivity contribution is 0.171. The van der Waals surface area contributed by atoms with Crippen molar-refractivity contribution in [1.82, 2.24) is 9.38 Å². The van der Waals surface area contributed by atoms with E-state index in [1.807, 2.05) is 24.3 Å². The lowest BCUT2D eigenvalue weighted by atomic mass is 10.1. The first-order valence-corrected chi connectivity index (χ1v) is 7.84. The number of nitrogens with zero attached hydrogens (tertiary/aromatic N) is 2. The molecule has 5 nitrogen and oxygen atoms in total. The number of hydrogen-bond donors (Lipinski definition) is 1. The third kappa shape index (κ3) is 2.43. The van der Waals surface area contributed by atoms with E-state index in [0.717, 1.165) is 40.5 Å². The Morgan fingerprint density at radius 2 is 1.96 bits per heavy atom. The van der Waals surface area contributed by atoms with Crippen molar-refractivity contribution in [2.75, 3.05) is 19.8 Å². The number of pyridine rings is 1. The van der Waals surface area contributed by atoms with Gasteiger partial charge in [0.2, 0.25) is 0 Å². The molecule has 3 heterocycles. The Kier molecular flexibility index (Phi) is 3.42. The van der Waals surface area contributed by atoms with Crippen molar-refractivity contribution < 1.29 is 9.47 Å². The number of imidazole rings is 1. The highest BCUT2D eigenvalue weighted by atomic mass is 16.6. The zero-order valence-corrected chi connectivity index (χ0v) is 13.1. The molecule has 1 aliphatic heterocycles. The molecule has 23 heavy (non-hydrogen) atoms. The number of nitrogens with two attached hydrogens (primary N) is 1. The maximum atomic E-state index is 5.82. The molecule has 3 aromatic rings. The third-order valence-corrected chi connectivity index (χ3v) is 4.06. The molecule has 118 valence electrons. The molecule has 0 saturated carbocycles. The van der Waals surface area contributed by atoms with Crippen molar-refractivity contribution in [2.24, 2.45) is 5.73 Å². The summed E-state index contributed by atoms with van der Waals surface area (Å²) in [7, 11) is 0. The summed E-state index contributed by atoms with van der Waals surface area (Å²) >= 11 is 0. The Balaban J connectivity index is 1.89. The van der Waals surface area contributed by atoms with Gasteiger partial charge in [0.15, 0.2) is 11.5 Å². The van der Waals surface area contributed by atoms with E-state index in [2.05, 4.69) is 23.6 Å². The summed E-state index contributed by atoms with van der Waals surface area (Å²) < 4.78 is 13.4. The molecule has 5 heteroatoms. The number of benzene rings is 1. The van der Waals surface area contributed by atoms with Gasteiger partial charge in [-0.25, -0.2) is 4.98 Å². The fourth-order valence-corrected chi connectivity index (χ4v) is 3.00. The fraction of sp³-hybridized carbons (Fsp3) is 0.278. The molecule has 0 unspecified atom stereocenters. The van der Waals surface area contributed by atoms with Crippen molar-refractivity contribution in [3.8, 4) is 22.8 Å². The predicted molar refractivity (Wildman–Crippen MR) is 89.1 cm³/mol. The van der Waals surface area contributed by atoms with Crippen LogP contribution < -0.4 is 15.2 Å². The number of ether oxygens (including phenoxy) is 2. The molecular formula is C18H19N3O2. The van der Waals surface area contributed by atoms with Gasteiger partial charge < -0.3 is 19.6 Å². The monoisotopic (exact) mass is 309 g/mol. The minimum absolute atomic E-state index is 0.580. The lowest BCUT2D eigenvalue weighted by Gasteiger charge is -2.18. The van der Waals surface area contributed by atoms with Crippen LogP contribution in [-0.4, -0.2) is 29.1 Å². The van der Waals surface area contributed by atoms with Gasteiger partial charge >= 0.3 is 0 Å². The Labute approximate surface area is 134 Å². The zero-order chi connectivity index (χ0) is 15.8. The van der Waals surface area contributed by atoms with Gasteiger partial charge in [-0.2, -0.15) is 0 Å². The second-order valence-corrected chi connectivity index (χ2v) is 5.74. The van der Waals surface area contributed by atoms with Crippen LogP contribution in [0.3, 0.4) is 0 Å². The highest BCUT2D eigenvalue weighted by Gasteiger charge is 2.17. The molecular weight excluding hydrogens is 290 g/mol. The molecule has 2 N–H and O–H groups in total. The predicted octanol–water partition coefficient (Wildman–Crippen LogP) is 2.58. The van der Waals surface area contributed by atoms with E-state index < -0.39 is 0 Å². The number of aromatic nitrogens is 2. The first kappa shape index (κ1) is 14.1. The largest absolute Gasteiger partial charge is 0.486 e. The average Bonchev–Trinajstić information content (AvgIpc) is 2.93. The van der Waals surface area contributed by atoms with E-state index in [0.29, 0.717) is 19.8 Å². The average molecular weight is 309 g/mol. The van der Waals surface area contributed by atoms with Crippen LogP contribution in [0.15, 0.2) is 36.5 Å².